The third-order valence-corrected chi connectivity index (χ3v) is 8.69. The van der Waals surface area contributed by atoms with Crippen molar-refractivity contribution < 1.29 is 13.2 Å². The Morgan fingerprint density at radius 1 is 0.914 bits per heavy atom. The fraction of sp³-hybridized carbons (Fsp3) is 0.138. The Morgan fingerprint density at radius 2 is 1.69 bits per heavy atom. The molecule has 0 saturated heterocycles. The summed E-state index contributed by atoms with van der Waals surface area (Å²) < 4.78 is 27.5. The average molecular weight is 481 g/mol. The number of hydrogen-bond acceptors (Lipinski definition) is 3. The first-order valence-electron chi connectivity index (χ1n) is 11.6. The van der Waals surface area contributed by atoms with Crippen LogP contribution in [-0.2, 0) is 26.7 Å². The van der Waals surface area contributed by atoms with Crippen LogP contribution >= 0.6 is 0 Å². The van der Waals surface area contributed by atoms with E-state index in [-0.39, 0.29) is 10.8 Å². The minimum Gasteiger partial charge on any atom is -0.325 e. The fourth-order valence-corrected chi connectivity index (χ4v) is 6.39. The maximum Gasteiger partial charge on any atom is 0.240 e. The summed E-state index contributed by atoms with van der Waals surface area (Å²) in [5.74, 6) is -0.697. The molecule has 6 rings (SSSR count). The molecule has 1 heterocycles. The lowest BCUT2D eigenvalue weighted by molar-refractivity contribution is -0.118. The predicted molar refractivity (Wildman–Crippen MR) is 139 cm³/mol. The molecule has 6 heteroatoms. The second kappa shape index (κ2) is 7.90. The Balaban J connectivity index is 1.54. The molecule has 0 aromatic heterocycles. The van der Waals surface area contributed by atoms with Gasteiger partial charge in [0.2, 0.25) is 15.9 Å². The highest BCUT2D eigenvalue weighted by Crippen LogP contribution is 2.53. The van der Waals surface area contributed by atoms with Gasteiger partial charge in [-0.1, -0.05) is 78.9 Å². The van der Waals surface area contributed by atoms with Crippen molar-refractivity contribution >= 4 is 38.5 Å². The van der Waals surface area contributed by atoms with E-state index in [2.05, 4.69) is 64.7 Å². The largest absolute Gasteiger partial charge is 0.325 e. The van der Waals surface area contributed by atoms with Crippen LogP contribution in [0.25, 0.3) is 16.8 Å². The van der Waals surface area contributed by atoms with Gasteiger partial charge in [-0.05, 0) is 64.7 Å². The SMILES string of the molecule is CNS(=O)(=O)c1ccc2c(c1)C(C1(Cc3ccc4ccccc4c3)C=Cc3ccccc31)C(=O)N2. The zero-order valence-corrected chi connectivity index (χ0v) is 20.0. The number of nitrogens with one attached hydrogen (secondary N) is 2. The molecule has 0 spiro atoms. The van der Waals surface area contributed by atoms with Gasteiger partial charge >= 0.3 is 0 Å². The zero-order chi connectivity index (χ0) is 24.2. The summed E-state index contributed by atoms with van der Waals surface area (Å²) in [4.78, 5) is 13.7. The molecule has 0 bridgehead atoms. The van der Waals surface area contributed by atoms with Gasteiger partial charge in [0.25, 0.3) is 0 Å². The standard InChI is InChI=1S/C29H24N2O3S/c1-30-35(33,34)23-12-13-26-24(17-23)27(28(32)31-26)29(15-14-21-7-4-5-9-25(21)29)18-19-10-11-20-6-2-3-8-22(20)16-19/h2-17,27,30H,18H2,1H3,(H,31,32). The van der Waals surface area contributed by atoms with Crippen LogP contribution in [0.1, 0.15) is 28.2 Å². The van der Waals surface area contributed by atoms with Gasteiger partial charge in [0, 0.05) is 11.1 Å². The van der Waals surface area contributed by atoms with E-state index in [1.165, 1.54) is 18.5 Å². The van der Waals surface area contributed by atoms with Crippen molar-refractivity contribution in [2.24, 2.45) is 0 Å². The number of benzene rings is 4. The molecule has 1 aliphatic carbocycles. The minimum absolute atomic E-state index is 0.124. The number of amides is 1. The normalized spacial score (nSPS) is 20.6. The van der Waals surface area contributed by atoms with Gasteiger partial charge in [-0.25, -0.2) is 13.1 Å². The number of sulfonamides is 1. The highest BCUT2D eigenvalue weighted by atomic mass is 32.2. The van der Waals surface area contributed by atoms with Crippen molar-refractivity contribution in [3.05, 3.63) is 113 Å². The quantitative estimate of drug-likeness (QED) is 0.423. The monoisotopic (exact) mass is 480 g/mol. The zero-order valence-electron chi connectivity index (χ0n) is 19.2. The molecule has 1 aliphatic heterocycles. The van der Waals surface area contributed by atoms with E-state index >= 15 is 0 Å². The van der Waals surface area contributed by atoms with Crippen LogP contribution in [0.2, 0.25) is 0 Å². The van der Waals surface area contributed by atoms with Crippen molar-refractivity contribution in [1.29, 1.82) is 0 Å². The Bertz CT molecular complexity index is 1640. The third kappa shape index (κ3) is 3.40. The fourth-order valence-electron chi connectivity index (χ4n) is 5.62. The summed E-state index contributed by atoms with van der Waals surface area (Å²) in [6.45, 7) is 0. The van der Waals surface area contributed by atoms with Gasteiger partial charge in [-0.2, -0.15) is 0 Å². The first kappa shape index (κ1) is 21.8. The molecular weight excluding hydrogens is 456 g/mol. The number of carbonyl (C=O) groups excluding carboxylic acids is 1. The van der Waals surface area contributed by atoms with Crippen LogP contribution in [0.3, 0.4) is 0 Å². The molecule has 2 atom stereocenters. The van der Waals surface area contributed by atoms with E-state index in [0.717, 1.165) is 22.1 Å². The molecule has 4 aromatic carbocycles. The van der Waals surface area contributed by atoms with Gasteiger partial charge in [0.15, 0.2) is 0 Å². The maximum atomic E-state index is 13.6. The van der Waals surface area contributed by atoms with Crippen molar-refractivity contribution in [2.75, 3.05) is 12.4 Å². The lowest BCUT2D eigenvalue weighted by Gasteiger charge is -2.35. The Labute approximate surface area is 204 Å². The van der Waals surface area contributed by atoms with E-state index in [1.807, 2.05) is 24.3 Å². The number of rotatable bonds is 5. The Kier molecular flexibility index (Phi) is 4.91. The summed E-state index contributed by atoms with van der Waals surface area (Å²) >= 11 is 0. The van der Waals surface area contributed by atoms with Crippen LogP contribution in [0.15, 0.2) is 95.9 Å². The molecule has 2 aliphatic rings. The first-order valence-corrected chi connectivity index (χ1v) is 13.0. The lowest BCUT2D eigenvalue weighted by atomic mass is 9.66. The van der Waals surface area contributed by atoms with Crippen LogP contribution in [-0.4, -0.2) is 21.4 Å². The van der Waals surface area contributed by atoms with E-state index in [9.17, 15) is 13.2 Å². The van der Waals surface area contributed by atoms with Gasteiger partial charge in [-0.15, -0.1) is 0 Å². The molecule has 174 valence electrons. The second-order valence-corrected chi connectivity index (χ2v) is 11.1. The summed E-state index contributed by atoms with van der Waals surface area (Å²) in [6.07, 6.45) is 4.81. The molecule has 1 amide bonds. The first-order chi connectivity index (χ1) is 16.9. The molecule has 5 nitrogen and oxygen atoms in total. The third-order valence-electron chi connectivity index (χ3n) is 7.28. The predicted octanol–water partition coefficient (Wildman–Crippen LogP) is 4.99. The summed E-state index contributed by atoms with van der Waals surface area (Å²) in [5, 5.41) is 5.32. The Morgan fingerprint density at radius 3 is 2.51 bits per heavy atom. The molecule has 35 heavy (non-hydrogen) atoms. The summed E-state index contributed by atoms with van der Waals surface area (Å²) in [6, 6.07) is 27.6. The maximum absolute atomic E-state index is 13.6. The van der Waals surface area contributed by atoms with Crippen molar-refractivity contribution in [3.8, 4) is 0 Å². The molecule has 2 N–H and O–H groups in total. The van der Waals surface area contributed by atoms with Gasteiger partial charge in [0.1, 0.15) is 0 Å². The number of allylic oxidation sites excluding steroid dienone is 1. The van der Waals surface area contributed by atoms with Crippen LogP contribution in [0, 0.1) is 0 Å². The highest BCUT2D eigenvalue weighted by Gasteiger charge is 2.50. The summed E-state index contributed by atoms with van der Waals surface area (Å²) in [5.41, 5.74) is 3.97. The number of carbonyl (C=O) groups is 1. The van der Waals surface area contributed by atoms with Crippen LogP contribution in [0.4, 0.5) is 5.69 Å². The van der Waals surface area contributed by atoms with Crippen molar-refractivity contribution in [2.45, 2.75) is 22.6 Å². The van der Waals surface area contributed by atoms with E-state index in [1.54, 1.807) is 12.1 Å². The lowest BCUT2D eigenvalue weighted by Crippen LogP contribution is -2.37. The Hall–Kier alpha value is -3.74. The minimum atomic E-state index is -3.65. The van der Waals surface area contributed by atoms with Crippen LogP contribution < -0.4 is 10.0 Å². The second-order valence-electron chi connectivity index (χ2n) is 9.20. The van der Waals surface area contributed by atoms with E-state index < -0.39 is 21.4 Å². The van der Waals surface area contributed by atoms with Crippen LogP contribution in [0.5, 0.6) is 0 Å². The van der Waals surface area contributed by atoms with Gasteiger partial charge < -0.3 is 5.32 Å². The van der Waals surface area contributed by atoms with Gasteiger partial charge in [0.05, 0.1) is 10.8 Å². The van der Waals surface area contributed by atoms with Crippen molar-refractivity contribution in [1.82, 2.24) is 4.72 Å². The van der Waals surface area contributed by atoms with Crippen molar-refractivity contribution in [3.63, 3.8) is 0 Å². The molecule has 0 radical (unpaired) electrons. The molecular formula is C29H24N2O3S. The average Bonchev–Trinajstić information content (AvgIpc) is 3.41. The number of anilines is 1. The smallest absolute Gasteiger partial charge is 0.240 e. The highest BCUT2D eigenvalue weighted by molar-refractivity contribution is 7.89. The van der Waals surface area contributed by atoms with E-state index in [0.29, 0.717) is 17.7 Å². The van der Waals surface area contributed by atoms with E-state index in [4.69, 9.17) is 0 Å². The summed E-state index contributed by atoms with van der Waals surface area (Å²) in [7, 11) is -2.27. The number of fused-ring (bicyclic) bond motifs is 3. The molecule has 0 fully saturated rings. The van der Waals surface area contributed by atoms with Gasteiger partial charge in [-0.3, -0.25) is 4.79 Å². The molecule has 2 unspecified atom stereocenters. The number of hydrogen-bond donors (Lipinski definition) is 2. The molecule has 0 saturated carbocycles. The topological polar surface area (TPSA) is 75.3 Å². The molecule has 4 aromatic rings.